The number of rotatable bonds is 3. The Labute approximate surface area is 101 Å². The highest BCUT2D eigenvalue weighted by Crippen LogP contribution is 2.16. The highest BCUT2D eigenvalue weighted by molar-refractivity contribution is 5.87. The van der Waals surface area contributed by atoms with Crippen LogP contribution < -0.4 is 5.32 Å². The molecule has 0 saturated carbocycles. The molecule has 1 unspecified atom stereocenters. The topological polar surface area (TPSA) is 58.6 Å². The first-order chi connectivity index (χ1) is 8.25. The standard InChI is InChI=1S/C13H17NO3/c15-13(16)10-3-5-12(6-4-10)14-11-2-1-8-17-9-7-11/h3-6,11,14H,1-2,7-9H2,(H,15,16). The molecule has 0 amide bonds. The largest absolute Gasteiger partial charge is 0.478 e. The van der Waals surface area contributed by atoms with Crippen molar-refractivity contribution in [2.75, 3.05) is 18.5 Å². The minimum atomic E-state index is -0.889. The number of carboxylic acid groups (broad SMARTS) is 1. The number of carbonyl (C=O) groups is 1. The van der Waals surface area contributed by atoms with Gasteiger partial charge < -0.3 is 15.2 Å². The molecule has 1 aromatic rings. The Kier molecular flexibility index (Phi) is 3.98. The zero-order valence-electron chi connectivity index (χ0n) is 9.69. The molecule has 4 nitrogen and oxygen atoms in total. The van der Waals surface area contributed by atoms with Gasteiger partial charge in [0.05, 0.1) is 5.56 Å². The lowest BCUT2D eigenvalue weighted by molar-refractivity contribution is 0.0697. The molecule has 2 rings (SSSR count). The van der Waals surface area contributed by atoms with Gasteiger partial charge >= 0.3 is 5.97 Å². The van der Waals surface area contributed by atoms with Gasteiger partial charge in [0.1, 0.15) is 0 Å². The summed E-state index contributed by atoms with van der Waals surface area (Å²) in [4.78, 5) is 10.7. The molecule has 17 heavy (non-hydrogen) atoms. The van der Waals surface area contributed by atoms with Crippen LogP contribution in [0.4, 0.5) is 5.69 Å². The Morgan fingerprint density at radius 2 is 2.00 bits per heavy atom. The van der Waals surface area contributed by atoms with Crippen LogP contribution in [-0.2, 0) is 4.74 Å². The van der Waals surface area contributed by atoms with E-state index in [9.17, 15) is 4.79 Å². The summed E-state index contributed by atoms with van der Waals surface area (Å²) in [5, 5.41) is 12.2. The lowest BCUT2D eigenvalue weighted by Gasteiger charge is -2.17. The molecule has 0 bridgehead atoms. The van der Waals surface area contributed by atoms with Crippen molar-refractivity contribution < 1.29 is 14.6 Å². The molecule has 0 radical (unpaired) electrons. The van der Waals surface area contributed by atoms with E-state index in [0.717, 1.165) is 38.2 Å². The summed E-state index contributed by atoms with van der Waals surface area (Å²) in [7, 11) is 0. The summed E-state index contributed by atoms with van der Waals surface area (Å²) in [6.45, 7) is 1.64. The number of hydrogen-bond donors (Lipinski definition) is 2. The highest BCUT2D eigenvalue weighted by Gasteiger charge is 2.12. The number of hydrogen-bond acceptors (Lipinski definition) is 3. The summed E-state index contributed by atoms with van der Waals surface area (Å²) in [5.41, 5.74) is 1.29. The number of benzene rings is 1. The van der Waals surface area contributed by atoms with E-state index in [1.165, 1.54) is 0 Å². The molecule has 0 aromatic heterocycles. The van der Waals surface area contributed by atoms with Crippen molar-refractivity contribution in [3.05, 3.63) is 29.8 Å². The molecule has 1 aliphatic rings. The maximum Gasteiger partial charge on any atom is 0.335 e. The average Bonchev–Trinajstić information content (AvgIpc) is 2.58. The monoisotopic (exact) mass is 235 g/mol. The minimum Gasteiger partial charge on any atom is -0.478 e. The van der Waals surface area contributed by atoms with Gasteiger partial charge in [0, 0.05) is 24.9 Å². The second kappa shape index (κ2) is 5.68. The molecule has 4 heteroatoms. The SMILES string of the molecule is O=C(O)c1ccc(NC2CCCOCC2)cc1. The van der Waals surface area contributed by atoms with Crippen molar-refractivity contribution in [3.63, 3.8) is 0 Å². The van der Waals surface area contributed by atoms with E-state index in [1.54, 1.807) is 12.1 Å². The van der Waals surface area contributed by atoms with Crippen LogP contribution >= 0.6 is 0 Å². The molecule has 1 aromatic carbocycles. The van der Waals surface area contributed by atoms with Gasteiger partial charge in [0.2, 0.25) is 0 Å². The van der Waals surface area contributed by atoms with Gasteiger partial charge in [-0.3, -0.25) is 0 Å². The third kappa shape index (κ3) is 3.46. The Hall–Kier alpha value is -1.55. The van der Waals surface area contributed by atoms with Gasteiger partial charge in [-0.05, 0) is 43.5 Å². The van der Waals surface area contributed by atoms with Crippen LogP contribution in [0.25, 0.3) is 0 Å². The van der Waals surface area contributed by atoms with Crippen molar-refractivity contribution in [1.82, 2.24) is 0 Å². The lowest BCUT2D eigenvalue weighted by Crippen LogP contribution is -2.19. The average molecular weight is 235 g/mol. The van der Waals surface area contributed by atoms with Crippen molar-refractivity contribution in [1.29, 1.82) is 0 Å². The predicted octanol–water partition coefficient (Wildman–Crippen LogP) is 2.37. The molecule has 2 N–H and O–H groups in total. The minimum absolute atomic E-state index is 0.319. The lowest BCUT2D eigenvalue weighted by atomic mass is 10.1. The Morgan fingerprint density at radius 3 is 2.71 bits per heavy atom. The molecule has 1 heterocycles. The van der Waals surface area contributed by atoms with Gasteiger partial charge in [0.25, 0.3) is 0 Å². The first kappa shape index (κ1) is 11.9. The van der Waals surface area contributed by atoms with Gasteiger partial charge in [-0.25, -0.2) is 4.79 Å². The van der Waals surface area contributed by atoms with E-state index < -0.39 is 5.97 Å². The highest BCUT2D eigenvalue weighted by atomic mass is 16.5. The van der Waals surface area contributed by atoms with Crippen molar-refractivity contribution in [2.45, 2.75) is 25.3 Å². The van der Waals surface area contributed by atoms with Crippen LogP contribution in [-0.4, -0.2) is 30.3 Å². The molecular weight excluding hydrogens is 218 g/mol. The fourth-order valence-electron chi connectivity index (χ4n) is 1.99. The van der Waals surface area contributed by atoms with Crippen molar-refractivity contribution >= 4 is 11.7 Å². The van der Waals surface area contributed by atoms with E-state index in [1.807, 2.05) is 12.1 Å². The van der Waals surface area contributed by atoms with E-state index >= 15 is 0 Å². The molecule has 92 valence electrons. The predicted molar refractivity (Wildman–Crippen MR) is 65.5 cm³/mol. The first-order valence-corrected chi connectivity index (χ1v) is 5.93. The van der Waals surface area contributed by atoms with E-state index in [2.05, 4.69) is 5.32 Å². The second-order valence-electron chi connectivity index (χ2n) is 4.27. The van der Waals surface area contributed by atoms with Crippen LogP contribution in [0.15, 0.2) is 24.3 Å². The maximum atomic E-state index is 10.7. The van der Waals surface area contributed by atoms with E-state index in [0.29, 0.717) is 11.6 Å². The normalized spacial score (nSPS) is 20.6. The number of carboxylic acids is 1. The summed E-state index contributed by atoms with van der Waals surface area (Å²) in [5.74, 6) is -0.889. The molecule has 1 atom stereocenters. The van der Waals surface area contributed by atoms with Crippen LogP contribution in [0, 0.1) is 0 Å². The van der Waals surface area contributed by atoms with Crippen LogP contribution in [0.3, 0.4) is 0 Å². The molecule has 0 aliphatic carbocycles. The smallest absolute Gasteiger partial charge is 0.335 e. The van der Waals surface area contributed by atoms with Gasteiger partial charge in [-0.15, -0.1) is 0 Å². The molecule has 0 spiro atoms. The first-order valence-electron chi connectivity index (χ1n) is 5.93. The number of anilines is 1. The van der Waals surface area contributed by atoms with Crippen LogP contribution in [0.2, 0.25) is 0 Å². The molecule has 1 saturated heterocycles. The molecular formula is C13H17NO3. The number of ether oxygens (including phenoxy) is 1. The Bertz CT molecular complexity index is 367. The Morgan fingerprint density at radius 1 is 1.24 bits per heavy atom. The molecule has 1 aliphatic heterocycles. The van der Waals surface area contributed by atoms with E-state index in [-0.39, 0.29) is 0 Å². The molecule has 1 fully saturated rings. The second-order valence-corrected chi connectivity index (χ2v) is 4.27. The summed E-state index contributed by atoms with van der Waals surface area (Å²) < 4.78 is 5.40. The summed E-state index contributed by atoms with van der Waals surface area (Å²) in [6, 6.07) is 7.30. The Balaban J connectivity index is 1.95. The van der Waals surface area contributed by atoms with Crippen LogP contribution in [0.1, 0.15) is 29.6 Å². The van der Waals surface area contributed by atoms with Crippen LogP contribution in [0.5, 0.6) is 0 Å². The summed E-state index contributed by atoms with van der Waals surface area (Å²) in [6.07, 6.45) is 3.17. The van der Waals surface area contributed by atoms with Gasteiger partial charge in [-0.1, -0.05) is 0 Å². The number of aromatic carboxylic acids is 1. The zero-order valence-corrected chi connectivity index (χ0v) is 9.69. The van der Waals surface area contributed by atoms with Gasteiger partial charge in [0.15, 0.2) is 0 Å². The third-order valence-electron chi connectivity index (χ3n) is 2.95. The maximum absolute atomic E-state index is 10.7. The summed E-state index contributed by atoms with van der Waals surface area (Å²) >= 11 is 0. The fourth-order valence-corrected chi connectivity index (χ4v) is 1.99. The third-order valence-corrected chi connectivity index (χ3v) is 2.95. The van der Waals surface area contributed by atoms with Crippen molar-refractivity contribution in [2.24, 2.45) is 0 Å². The van der Waals surface area contributed by atoms with Crippen molar-refractivity contribution in [3.8, 4) is 0 Å². The fraction of sp³-hybridized carbons (Fsp3) is 0.462. The van der Waals surface area contributed by atoms with E-state index in [4.69, 9.17) is 9.84 Å². The van der Waals surface area contributed by atoms with Gasteiger partial charge in [-0.2, -0.15) is 0 Å². The quantitative estimate of drug-likeness (QED) is 0.844. The number of nitrogens with one attached hydrogen (secondary N) is 1. The zero-order chi connectivity index (χ0) is 12.1.